The van der Waals surface area contributed by atoms with Gasteiger partial charge in [0.15, 0.2) is 5.92 Å². The van der Waals surface area contributed by atoms with E-state index in [4.69, 9.17) is 9.47 Å². The van der Waals surface area contributed by atoms with E-state index in [1.54, 1.807) is 13.8 Å². The fraction of sp³-hybridized carbons (Fsp3) is 0.700. The molecule has 1 saturated carbocycles. The number of rotatable bonds is 6. The molecule has 0 spiro atoms. The molecule has 0 bridgehead atoms. The van der Waals surface area contributed by atoms with E-state index < -0.39 is 25.9 Å². The van der Waals surface area contributed by atoms with Crippen molar-refractivity contribution in [3.8, 4) is 0 Å². The summed E-state index contributed by atoms with van der Waals surface area (Å²) in [4.78, 5) is 25.3. The third-order valence-corrected chi connectivity index (χ3v) is 7.26. The van der Waals surface area contributed by atoms with Gasteiger partial charge in [0, 0.05) is 5.92 Å². The molecule has 1 fully saturated rings. The lowest BCUT2D eigenvalue weighted by Gasteiger charge is -2.39. The highest BCUT2D eigenvalue weighted by molar-refractivity contribution is 6.83. The first-order valence-electron chi connectivity index (χ1n) is 9.55. The average molecular weight is 365 g/mol. The molecular formula is C20H32O4Si. The smallest absolute Gasteiger partial charge is 0.320 e. The van der Waals surface area contributed by atoms with E-state index in [1.165, 1.54) is 17.2 Å². The number of hydrogen-bond donors (Lipinski definition) is 0. The Bertz CT molecular complexity index is 553. The van der Waals surface area contributed by atoms with Crippen LogP contribution in [0.2, 0.25) is 19.6 Å². The van der Waals surface area contributed by atoms with Crippen LogP contribution in [0.3, 0.4) is 0 Å². The van der Waals surface area contributed by atoms with Gasteiger partial charge in [0.1, 0.15) is 0 Å². The fourth-order valence-corrected chi connectivity index (χ4v) is 5.23. The first-order valence-corrected chi connectivity index (χ1v) is 13.1. The van der Waals surface area contributed by atoms with Crippen molar-refractivity contribution in [3.63, 3.8) is 0 Å². The molecule has 0 amide bonds. The molecule has 0 saturated heterocycles. The van der Waals surface area contributed by atoms with Crippen LogP contribution in [0.5, 0.6) is 0 Å². The molecule has 2 rings (SSSR count). The molecule has 0 radical (unpaired) electrons. The van der Waals surface area contributed by atoms with Gasteiger partial charge in [-0.3, -0.25) is 9.59 Å². The van der Waals surface area contributed by atoms with Crippen molar-refractivity contribution in [1.29, 1.82) is 0 Å². The Morgan fingerprint density at radius 1 is 1.12 bits per heavy atom. The zero-order chi connectivity index (χ0) is 18.6. The maximum Gasteiger partial charge on any atom is 0.320 e. The van der Waals surface area contributed by atoms with E-state index >= 15 is 0 Å². The fourth-order valence-electron chi connectivity index (χ4n) is 3.92. The van der Waals surface area contributed by atoms with Crippen LogP contribution in [-0.2, 0) is 19.1 Å². The van der Waals surface area contributed by atoms with Gasteiger partial charge in [0.05, 0.1) is 21.3 Å². The topological polar surface area (TPSA) is 52.6 Å². The number of carbonyl (C=O) groups excluding carboxylic acids is 2. The van der Waals surface area contributed by atoms with Gasteiger partial charge < -0.3 is 9.47 Å². The van der Waals surface area contributed by atoms with Gasteiger partial charge in [-0.05, 0) is 39.0 Å². The summed E-state index contributed by atoms with van der Waals surface area (Å²) < 4.78 is 10.5. The minimum Gasteiger partial charge on any atom is -0.465 e. The summed E-state index contributed by atoms with van der Waals surface area (Å²) in [6.45, 7) is 11.0. The third kappa shape index (κ3) is 4.63. The summed E-state index contributed by atoms with van der Waals surface area (Å²) in [6, 6.07) is 0. The van der Waals surface area contributed by atoms with E-state index in [2.05, 4.69) is 31.8 Å². The maximum atomic E-state index is 12.6. The Balaban J connectivity index is 2.44. The Hall–Kier alpha value is -1.36. The molecule has 0 aliphatic heterocycles. The van der Waals surface area contributed by atoms with Crippen LogP contribution in [0, 0.1) is 17.8 Å². The molecule has 25 heavy (non-hydrogen) atoms. The van der Waals surface area contributed by atoms with Gasteiger partial charge >= 0.3 is 11.9 Å². The van der Waals surface area contributed by atoms with E-state index in [0.717, 1.165) is 19.3 Å². The van der Waals surface area contributed by atoms with Crippen LogP contribution in [0.25, 0.3) is 0 Å². The van der Waals surface area contributed by atoms with Crippen molar-refractivity contribution in [1.82, 2.24) is 0 Å². The van der Waals surface area contributed by atoms with Crippen molar-refractivity contribution in [2.24, 2.45) is 17.8 Å². The molecule has 0 unspecified atom stereocenters. The lowest BCUT2D eigenvalue weighted by Crippen LogP contribution is -2.41. The lowest BCUT2D eigenvalue weighted by atomic mass is 9.69. The Morgan fingerprint density at radius 2 is 1.72 bits per heavy atom. The first-order chi connectivity index (χ1) is 11.8. The second-order valence-corrected chi connectivity index (χ2v) is 13.1. The number of hydrogen-bond acceptors (Lipinski definition) is 4. The molecule has 0 N–H and O–H groups in total. The molecule has 2 aliphatic carbocycles. The molecule has 0 aromatic rings. The van der Waals surface area contributed by atoms with E-state index in [-0.39, 0.29) is 25.0 Å². The predicted molar refractivity (Wildman–Crippen MR) is 102 cm³/mol. The standard InChI is InChI=1S/C20H32O4Si/c1-6-23-19(21)18(20(22)24-7-2)17-13-15(25(3,4)5)12-14-10-8-9-11-16(14)17/h12-13,16-18H,6-11H2,1-5H3/t16-,17+/m0/s1. The van der Waals surface area contributed by atoms with Crippen molar-refractivity contribution in [2.45, 2.75) is 59.2 Å². The second-order valence-electron chi connectivity index (χ2n) is 8.00. The van der Waals surface area contributed by atoms with Crippen LogP contribution >= 0.6 is 0 Å². The van der Waals surface area contributed by atoms with Gasteiger partial charge in [0.2, 0.25) is 0 Å². The zero-order valence-corrected chi connectivity index (χ0v) is 17.3. The van der Waals surface area contributed by atoms with Crippen molar-refractivity contribution >= 4 is 20.0 Å². The molecule has 2 atom stereocenters. The average Bonchev–Trinajstić information content (AvgIpc) is 2.54. The second kappa shape index (κ2) is 8.34. The largest absolute Gasteiger partial charge is 0.465 e. The molecule has 0 aromatic carbocycles. The van der Waals surface area contributed by atoms with Crippen LogP contribution in [0.4, 0.5) is 0 Å². The van der Waals surface area contributed by atoms with Gasteiger partial charge in [-0.15, -0.1) is 0 Å². The Kier molecular flexibility index (Phi) is 6.66. The van der Waals surface area contributed by atoms with Crippen molar-refractivity contribution in [3.05, 3.63) is 22.9 Å². The van der Waals surface area contributed by atoms with Crippen LogP contribution in [0.1, 0.15) is 39.5 Å². The Labute approximate surface area is 152 Å². The van der Waals surface area contributed by atoms with Gasteiger partial charge in [-0.25, -0.2) is 0 Å². The summed E-state index contributed by atoms with van der Waals surface area (Å²) in [6.07, 6.45) is 9.00. The maximum absolute atomic E-state index is 12.6. The normalized spacial score (nSPS) is 23.4. The van der Waals surface area contributed by atoms with E-state index in [0.29, 0.717) is 0 Å². The summed E-state index contributed by atoms with van der Waals surface area (Å²) >= 11 is 0. The summed E-state index contributed by atoms with van der Waals surface area (Å²) in [5.41, 5.74) is 1.41. The Morgan fingerprint density at radius 3 is 2.24 bits per heavy atom. The lowest BCUT2D eigenvalue weighted by molar-refractivity contribution is -0.164. The van der Waals surface area contributed by atoms with Crippen LogP contribution in [0.15, 0.2) is 22.9 Å². The molecule has 4 nitrogen and oxygen atoms in total. The molecule has 2 aliphatic rings. The summed E-state index contributed by atoms with van der Waals surface area (Å²) in [7, 11) is -1.55. The number of carbonyl (C=O) groups is 2. The minimum absolute atomic E-state index is 0.139. The molecule has 140 valence electrons. The van der Waals surface area contributed by atoms with E-state index in [9.17, 15) is 9.59 Å². The van der Waals surface area contributed by atoms with Crippen molar-refractivity contribution < 1.29 is 19.1 Å². The number of fused-ring (bicyclic) bond motifs is 1. The summed E-state index contributed by atoms with van der Waals surface area (Å²) in [5, 5.41) is 1.34. The summed E-state index contributed by atoms with van der Waals surface area (Å²) in [5.74, 6) is -1.61. The number of ether oxygens (including phenoxy) is 2. The number of esters is 2. The minimum atomic E-state index is -1.55. The van der Waals surface area contributed by atoms with Crippen LogP contribution in [-0.4, -0.2) is 33.2 Å². The SMILES string of the molecule is CCOC(=O)C(C(=O)OCC)[C@@H]1C=C([Si](C)(C)C)C=C2CCCC[C@@H]21. The first kappa shape index (κ1) is 20.0. The van der Waals surface area contributed by atoms with Gasteiger partial charge in [-0.1, -0.05) is 49.0 Å². The predicted octanol–water partition coefficient (Wildman–Crippen LogP) is 4.28. The van der Waals surface area contributed by atoms with E-state index in [1.807, 2.05) is 0 Å². The molecular weight excluding hydrogens is 332 g/mol. The van der Waals surface area contributed by atoms with Gasteiger partial charge in [0.25, 0.3) is 0 Å². The molecule has 0 heterocycles. The zero-order valence-electron chi connectivity index (χ0n) is 16.3. The quantitative estimate of drug-likeness (QED) is 0.401. The van der Waals surface area contributed by atoms with Crippen molar-refractivity contribution in [2.75, 3.05) is 13.2 Å². The van der Waals surface area contributed by atoms with Gasteiger partial charge in [-0.2, -0.15) is 0 Å². The highest BCUT2D eigenvalue weighted by Gasteiger charge is 2.44. The highest BCUT2D eigenvalue weighted by atomic mass is 28.3. The van der Waals surface area contributed by atoms with Crippen LogP contribution < -0.4 is 0 Å². The molecule has 5 heteroatoms. The number of allylic oxidation sites excluding steroid dienone is 4. The monoisotopic (exact) mass is 364 g/mol. The highest BCUT2D eigenvalue weighted by Crippen LogP contribution is 2.44. The third-order valence-electron chi connectivity index (χ3n) is 5.22. The molecule has 0 aromatic heterocycles.